The van der Waals surface area contributed by atoms with Crippen molar-refractivity contribution in [1.82, 2.24) is 5.32 Å². The predicted octanol–water partition coefficient (Wildman–Crippen LogP) is 0.0640. The molecule has 1 atom stereocenters. The van der Waals surface area contributed by atoms with Gasteiger partial charge in [0.15, 0.2) is 0 Å². The Balaban J connectivity index is 2.45. The molecule has 1 aromatic carbocycles. The van der Waals surface area contributed by atoms with E-state index in [4.69, 9.17) is 10.8 Å². The zero-order valence-electron chi connectivity index (χ0n) is 10.3. The topological polar surface area (TPSA) is 109 Å². The summed E-state index contributed by atoms with van der Waals surface area (Å²) in [6, 6.07) is 8.09. The van der Waals surface area contributed by atoms with Crippen molar-refractivity contribution in [2.75, 3.05) is 0 Å². The number of aryl methyl sites for hydroxylation is 1. The quantitative estimate of drug-likeness (QED) is 0.647. The molecule has 0 aromatic heterocycles. The molecule has 1 aromatic rings. The van der Waals surface area contributed by atoms with Gasteiger partial charge in [-0.2, -0.15) is 0 Å². The summed E-state index contributed by atoms with van der Waals surface area (Å²) in [6.07, 6.45) is 0.258. The molecule has 4 N–H and O–H groups in total. The maximum Gasteiger partial charge on any atom is 0.326 e. The minimum atomic E-state index is -1.27. The van der Waals surface area contributed by atoms with Crippen LogP contribution in [-0.2, 0) is 20.8 Å². The average Bonchev–Trinajstić information content (AvgIpc) is 2.36. The number of amides is 2. The second kappa shape index (κ2) is 7.15. The van der Waals surface area contributed by atoms with E-state index < -0.39 is 30.2 Å². The molecule has 0 heterocycles. The normalized spacial score (nSPS) is 11.6. The highest BCUT2D eigenvalue weighted by atomic mass is 16.4. The van der Waals surface area contributed by atoms with Crippen LogP contribution in [0.2, 0.25) is 0 Å². The molecule has 19 heavy (non-hydrogen) atoms. The number of aliphatic carboxylic acids is 1. The number of primary amides is 1. The van der Waals surface area contributed by atoms with E-state index in [2.05, 4.69) is 5.32 Å². The smallest absolute Gasteiger partial charge is 0.326 e. The van der Waals surface area contributed by atoms with E-state index in [0.29, 0.717) is 6.42 Å². The van der Waals surface area contributed by atoms with Crippen LogP contribution in [0.15, 0.2) is 30.3 Å². The van der Waals surface area contributed by atoms with E-state index in [1.165, 1.54) is 0 Å². The van der Waals surface area contributed by atoms with Crippen molar-refractivity contribution < 1.29 is 19.5 Å². The van der Waals surface area contributed by atoms with Crippen molar-refractivity contribution in [2.24, 2.45) is 5.73 Å². The first-order chi connectivity index (χ1) is 8.99. The molecule has 1 rings (SSSR count). The van der Waals surface area contributed by atoms with Gasteiger partial charge in [0, 0.05) is 6.42 Å². The summed E-state index contributed by atoms with van der Waals surface area (Å²) in [5.41, 5.74) is 5.90. The van der Waals surface area contributed by atoms with Gasteiger partial charge in [0.2, 0.25) is 11.8 Å². The highest BCUT2D eigenvalue weighted by Crippen LogP contribution is 2.03. The summed E-state index contributed by atoms with van der Waals surface area (Å²) >= 11 is 0. The van der Waals surface area contributed by atoms with Crippen molar-refractivity contribution in [1.29, 1.82) is 0 Å². The van der Waals surface area contributed by atoms with Crippen LogP contribution >= 0.6 is 0 Å². The second-order valence-electron chi connectivity index (χ2n) is 4.11. The van der Waals surface area contributed by atoms with Gasteiger partial charge in [0.05, 0.1) is 6.42 Å². The van der Waals surface area contributed by atoms with Gasteiger partial charge in [-0.3, -0.25) is 9.59 Å². The van der Waals surface area contributed by atoms with E-state index in [0.717, 1.165) is 5.56 Å². The van der Waals surface area contributed by atoms with Crippen molar-refractivity contribution in [3.8, 4) is 0 Å². The van der Waals surface area contributed by atoms with Crippen molar-refractivity contribution >= 4 is 17.8 Å². The third kappa shape index (κ3) is 5.67. The third-order valence-corrected chi connectivity index (χ3v) is 2.52. The van der Waals surface area contributed by atoms with Crippen LogP contribution in [0, 0.1) is 0 Å². The van der Waals surface area contributed by atoms with E-state index in [-0.39, 0.29) is 6.42 Å². The maximum atomic E-state index is 11.6. The minimum Gasteiger partial charge on any atom is -0.480 e. The van der Waals surface area contributed by atoms with Gasteiger partial charge in [-0.25, -0.2) is 4.79 Å². The fourth-order valence-electron chi connectivity index (χ4n) is 1.57. The van der Waals surface area contributed by atoms with E-state index in [9.17, 15) is 14.4 Å². The van der Waals surface area contributed by atoms with Gasteiger partial charge in [0.1, 0.15) is 6.04 Å². The lowest BCUT2D eigenvalue weighted by atomic mass is 10.1. The van der Waals surface area contributed by atoms with Gasteiger partial charge < -0.3 is 16.2 Å². The molecular formula is C13H16N2O4. The molecule has 6 heteroatoms. The average molecular weight is 264 g/mol. The lowest BCUT2D eigenvalue weighted by Gasteiger charge is -2.12. The van der Waals surface area contributed by atoms with Crippen LogP contribution in [0.5, 0.6) is 0 Å². The standard InChI is InChI=1S/C13H16N2O4/c14-11(16)8-10(13(18)19)15-12(17)7-6-9-4-2-1-3-5-9/h1-5,10H,6-8H2,(H2,14,16)(H,15,17)(H,18,19). The van der Waals surface area contributed by atoms with Crippen LogP contribution in [-0.4, -0.2) is 28.9 Å². The van der Waals surface area contributed by atoms with Gasteiger partial charge in [-0.1, -0.05) is 30.3 Å². The van der Waals surface area contributed by atoms with Gasteiger partial charge >= 0.3 is 5.97 Å². The fraction of sp³-hybridized carbons (Fsp3) is 0.308. The first-order valence-electron chi connectivity index (χ1n) is 5.83. The SMILES string of the molecule is NC(=O)CC(NC(=O)CCc1ccccc1)C(=O)O. The van der Waals surface area contributed by atoms with E-state index >= 15 is 0 Å². The number of carboxylic acid groups (broad SMARTS) is 1. The van der Waals surface area contributed by atoms with Crippen LogP contribution in [0.4, 0.5) is 0 Å². The van der Waals surface area contributed by atoms with Crippen LogP contribution in [0.25, 0.3) is 0 Å². The van der Waals surface area contributed by atoms with Crippen molar-refractivity contribution in [3.05, 3.63) is 35.9 Å². The predicted molar refractivity (Wildman–Crippen MR) is 68.1 cm³/mol. The molecule has 2 amide bonds. The molecule has 0 radical (unpaired) electrons. The Morgan fingerprint density at radius 1 is 1.21 bits per heavy atom. The fourth-order valence-corrected chi connectivity index (χ4v) is 1.57. The summed E-state index contributed by atoms with van der Waals surface area (Å²) in [5.74, 6) is -2.46. The molecule has 0 saturated heterocycles. The number of hydrogen-bond donors (Lipinski definition) is 3. The number of nitrogens with two attached hydrogens (primary N) is 1. The molecular weight excluding hydrogens is 248 g/mol. The Bertz CT molecular complexity index is 459. The van der Waals surface area contributed by atoms with Crippen molar-refractivity contribution in [2.45, 2.75) is 25.3 Å². The van der Waals surface area contributed by atoms with E-state index in [1.807, 2.05) is 30.3 Å². The van der Waals surface area contributed by atoms with Gasteiger partial charge in [0.25, 0.3) is 0 Å². The third-order valence-electron chi connectivity index (χ3n) is 2.52. The Kier molecular flexibility index (Phi) is 5.53. The number of carboxylic acids is 1. The summed E-state index contributed by atoms with van der Waals surface area (Å²) in [5, 5.41) is 11.1. The molecule has 0 aliphatic rings. The molecule has 0 fully saturated rings. The Labute approximate surface area is 110 Å². The zero-order chi connectivity index (χ0) is 14.3. The van der Waals surface area contributed by atoms with Crippen LogP contribution < -0.4 is 11.1 Å². The maximum absolute atomic E-state index is 11.6. The number of rotatable bonds is 7. The molecule has 0 aliphatic heterocycles. The highest BCUT2D eigenvalue weighted by molar-refractivity contribution is 5.88. The summed E-state index contributed by atoms with van der Waals surface area (Å²) in [7, 11) is 0. The summed E-state index contributed by atoms with van der Waals surface area (Å²) in [6.45, 7) is 0. The largest absolute Gasteiger partial charge is 0.480 e. The first kappa shape index (κ1) is 14.7. The van der Waals surface area contributed by atoms with Crippen molar-refractivity contribution in [3.63, 3.8) is 0 Å². The monoisotopic (exact) mass is 264 g/mol. The zero-order valence-corrected chi connectivity index (χ0v) is 10.3. The van der Waals surface area contributed by atoms with Crippen LogP contribution in [0.1, 0.15) is 18.4 Å². The first-order valence-corrected chi connectivity index (χ1v) is 5.83. The number of nitrogens with one attached hydrogen (secondary N) is 1. The molecule has 6 nitrogen and oxygen atoms in total. The highest BCUT2D eigenvalue weighted by Gasteiger charge is 2.21. The molecule has 102 valence electrons. The molecule has 0 saturated carbocycles. The Hall–Kier alpha value is -2.37. The summed E-state index contributed by atoms with van der Waals surface area (Å²) < 4.78 is 0. The lowest BCUT2D eigenvalue weighted by Crippen LogP contribution is -2.43. The summed E-state index contributed by atoms with van der Waals surface area (Å²) in [4.78, 5) is 33.1. The van der Waals surface area contributed by atoms with Crippen LogP contribution in [0.3, 0.4) is 0 Å². The number of carbonyl (C=O) groups excluding carboxylic acids is 2. The Morgan fingerprint density at radius 2 is 1.84 bits per heavy atom. The minimum absolute atomic E-state index is 0.159. The van der Waals surface area contributed by atoms with E-state index in [1.54, 1.807) is 0 Å². The van der Waals surface area contributed by atoms with Gasteiger partial charge in [-0.05, 0) is 12.0 Å². The number of carbonyl (C=O) groups is 3. The second-order valence-corrected chi connectivity index (χ2v) is 4.11. The molecule has 0 aliphatic carbocycles. The number of hydrogen-bond acceptors (Lipinski definition) is 3. The van der Waals surface area contributed by atoms with Gasteiger partial charge in [-0.15, -0.1) is 0 Å². The molecule has 0 spiro atoms. The Morgan fingerprint density at radius 3 is 2.37 bits per heavy atom. The lowest BCUT2D eigenvalue weighted by molar-refractivity contribution is -0.143. The number of benzene rings is 1. The molecule has 1 unspecified atom stereocenters. The molecule has 0 bridgehead atoms.